The third-order valence-corrected chi connectivity index (χ3v) is 5.78. The van der Waals surface area contributed by atoms with Gasteiger partial charge in [0.25, 0.3) is 0 Å². The highest BCUT2D eigenvalue weighted by atomic mass is 16.5. The van der Waals surface area contributed by atoms with Crippen molar-refractivity contribution < 1.29 is 4.74 Å². The van der Waals surface area contributed by atoms with Gasteiger partial charge in [0.1, 0.15) is 0 Å². The Labute approximate surface area is 205 Å². The van der Waals surface area contributed by atoms with Crippen molar-refractivity contribution in [2.24, 2.45) is 0 Å². The Bertz CT molecular complexity index is 260. The Hall–Kier alpha value is -0.380. The molecular weight excluding hydrogens is 392 g/mol. The molecule has 6 N–H and O–H groups in total. The molecule has 3 nitrogen and oxygen atoms in total. The Balaban J connectivity index is -0.000000738. The summed E-state index contributed by atoms with van der Waals surface area (Å²) in [4.78, 5) is 0. The molecule has 0 radical (unpaired) electrons. The van der Waals surface area contributed by atoms with Crippen LogP contribution in [0.5, 0.6) is 0 Å². The first-order valence-corrected chi connectivity index (χ1v) is 14.0. The van der Waals surface area contributed by atoms with Crippen LogP contribution in [0.3, 0.4) is 0 Å². The number of rotatable bonds is 24. The van der Waals surface area contributed by atoms with Gasteiger partial charge in [0.05, 0.1) is 0 Å². The molecular formula is C29H66N2O. The molecule has 0 aromatic carbocycles. The second-order valence-corrected chi connectivity index (χ2v) is 9.09. The van der Waals surface area contributed by atoms with Gasteiger partial charge in [-0.15, -0.1) is 6.58 Å². The minimum Gasteiger partial charge on any atom is -0.381 e. The van der Waals surface area contributed by atoms with Gasteiger partial charge in [-0.3, -0.25) is 0 Å². The Morgan fingerprint density at radius 3 is 0.844 bits per heavy atom. The molecule has 3 heteroatoms. The highest BCUT2D eigenvalue weighted by Gasteiger charge is 1.95. The van der Waals surface area contributed by atoms with Crippen LogP contribution in [0.1, 0.15) is 162 Å². The van der Waals surface area contributed by atoms with E-state index >= 15 is 0 Å². The smallest absolute Gasteiger partial charge is 0.0466 e. The van der Waals surface area contributed by atoms with Crippen LogP contribution in [0, 0.1) is 0 Å². The van der Waals surface area contributed by atoms with E-state index in [0.717, 1.165) is 13.2 Å². The van der Waals surface area contributed by atoms with Gasteiger partial charge in [0, 0.05) is 13.2 Å². The fraction of sp³-hybridized carbons (Fsp3) is 0.931. The van der Waals surface area contributed by atoms with Gasteiger partial charge in [0.2, 0.25) is 0 Å². The van der Waals surface area contributed by atoms with E-state index in [4.69, 9.17) is 4.74 Å². The zero-order chi connectivity index (χ0) is 22.4. The molecule has 0 unspecified atom stereocenters. The highest BCUT2D eigenvalue weighted by molar-refractivity contribution is 4.52. The van der Waals surface area contributed by atoms with E-state index in [1.165, 1.54) is 141 Å². The molecule has 32 heavy (non-hydrogen) atoms. The van der Waals surface area contributed by atoms with Gasteiger partial charge in [0.15, 0.2) is 0 Å². The van der Waals surface area contributed by atoms with Crippen LogP contribution in [0.2, 0.25) is 0 Å². The number of unbranched alkanes of at least 4 members (excludes halogenated alkanes) is 20. The summed E-state index contributed by atoms with van der Waals surface area (Å²) in [5, 5.41) is 0. The molecule has 0 bridgehead atoms. The third-order valence-electron chi connectivity index (χ3n) is 5.78. The molecule has 0 heterocycles. The first-order valence-electron chi connectivity index (χ1n) is 14.0. The molecule has 0 atom stereocenters. The molecule has 0 saturated carbocycles. The molecule has 0 aliphatic heterocycles. The predicted molar refractivity (Wildman–Crippen MR) is 150 cm³/mol. The molecule has 0 amide bonds. The second kappa shape index (κ2) is 40.9. The van der Waals surface area contributed by atoms with Crippen LogP contribution in [0.15, 0.2) is 12.7 Å². The van der Waals surface area contributed by atoms with Crippen molar-refractivity contribution in [3.05, 3.63) is 12.7 Å². The summed E-state index contributed by atoms with van der Waals surface area (Å²) in [6.07, 6.45) is 32.9. The van der Waals surface area contributed by atoms with Crippen molar-refractivity contribution >= 4 is 0 Å². The molecule has 198 valence electrons. The van der Waals surface area contributed by atoms with Crippen LogP contribution in [0.4, 0.5) is 0 Å². The third kappa shape index (κ3) is 43.5. The fourth-order valence-electron chi connectivity index (χ4n) is 3.84. The van der Waals surface area contributed by atoms with E-state index in [1.807, 2.05) is 6.92 Å². The average molecular weight is 459 g/mol. The molecule has 0 saturated heterocycles. The molecule has 0 aromatic heterocycles. The van der Waals surface area contributed by atoms with Gasteiger partial charge in [-0.1, -0.05) is 148 Å². The quantitative estimate of drug-likeness (QED) is 0.111. The molecule has 0 rings (SSSR count). The van der Waals surface area contributed by atoms with Crippen molar-refractivity contribution in [2.45, 2.75) is 162 Å². The van der Waals surface area contributed by atoms with Gasteiger partial charge in [-0.2, -0.15) is 0 Å². The first-order chi connectivity index (χ1) is 14.8. The summed E-state index contributed by atoms with van der Waals surface area (Å²) in [5.41, 5.74) is 0. The van der Waals surface area contributed by atoms with E-state index in [2.05, 4.69) is 20.4 Å². The van der Waals surface area contributed by atoms with Gasteiger partial charge < -0.3 is 17.0 Å². The average Bonchev–Trinajstić information content (AvgIpc) is 2.75. The summed E-state index contributed by atoms with van der Waals surface area (Å²) >= 11 is 0. The minimum absolute atomic E-state index is 0. The lowest BCUT2D eigenvalue weighted by Crippen LogP contribution is -1.97. The van der Waals surface area contributed by atoms with Gasteiger partial charge in [-0.05, 0) is 19.8 Å². The highest BCUT2D eigenvalue weighted by Crippen LogP contribution is 2.12. The summed E-state index contributed by atoms with van der Waals surface area (Å²) in [6, 6.07) is 0. The molecule has 0 aliphatic rings. The Morgan fingerprint density at radius 1 is 0.438 bits per heavy atom. The lowest BCUT2D eigenvalue weighted by molar-refractivity contribution is 0.125. The molecule has 0 aromatic rings. The van der Waals surface area contributed by atoms with E-state index in [1.54, 1.807) is 6.08 Å². The fourth-order valence-corrected chi connectivity index (χ4v) is 3.84. The summed E-state index contributed by atoms with van der Waals surface area (Å²) in [5.74, 6) is 0. The van der Waals surface area contributed by atoms with Gasteiger partial charge in [-0.25, -0.2) is 0 Å². The lowest BCUT2D eigenvalue weighted by atomic mass is 10.1. The Kier molecular flexibility index (Phi) is 49.7. The maximum Gasteiger partial charge on any atom is 0.0466 e. The normalized spacial score (nSPS) is 9.97. The number of hydrogen-bond donors (Lipinski definition) is 2. The molecule has 0 fully saturated rings. The summed E-state index contributed by atoms with van der Waals surface area (Å²) in [6.45, 7) is 11.8. The van der Waals surface area contributed by atoms with Crippen LogP contribution < -0.4 is 12.3 Å². The summed E-state index contributed by atoms with van der Waals surface area (Å²) in [7, 11) is 0. The van der Waals surface area contributed by atoms with Crippen molar-refractivity contribution in [3.63, 3.8) is 0 Å². The maximum atomic E-state index is 5.80. The molecule has 0 aliphatic carbocycles. The van der Waals surface area contributed by atoms with E-state index in [9.17, 15) is 0 Å². The monoisotopic (exact) mass is 459 g/mol. The largest absolute Gasteiger partial charge is 0.381 e. The van der Waals surface area contributed by atoms with E-state index < -0.39 is 0 Å². The SMILES string of the molecule is C=CC.CCCCCCCCCCCCCOCCCCCCCCCCCCC.N.N. The second-order valence-electron chi connectivity index (χ2n) is 9.09. The zero-order valence-corrected chi connectivity index (χ0v) is 23.1. The number of ether oxygens (including phenoxy) is 1. The lowest BCUT2D eigenvalue weighted by Gasteiger charge is -2.05. The van der Waals surface area contributed by atoms with Crippen LogP contribution in [-0.4, -0.2) is 13.2 Å². The van der Waals surface area contributed by atoms with Crippen molar-refractivity contribution in [2.75, 3.05) is 13.2 Å². The number of hydrogen-bond acceptors (Lipinski definition) is 3. The van der Waals surface area contributed by atoms with Crippen molar-refractivity contribution in [1.29, 1.82) is 0 Å². The van der Waals surface area contributed by atoms with Crippen LogP contribution in [-0.2, 0) is 4.74 Å². The maximum absolute atomic E-state index is 5.80. The van der Waals surface area contributed by atoms with Crippen molar-refractivity contribution in [1.82, 2.24) is 12.3 Å². The van der Waals surface area contributed by atoms with Crippen LogP contribution >= 0.6 is 0 Å². The zero-order valence-electron chi connectivity index (χ0n) is 23.1. The van der Waals surface area contributed by atoms with Crippen LogP contribution in [0.25, 0.3) is 0 Å². The molecule has 0 spiro atoms. The number of allylic oxidation sites excluding steroid dienone is 1. The van der Waals surface area contributed by atoms with E-state index in [-0.39, 0.29) is 12.3 Å². The summed E-state index contributed by atoms with van der Waals surface area (Å²) < 4.78 is 5.80. The van der Waals surface area contributed by atoms with E-state index in [0.29, 0.717) is 0 Å². The Morgan fingerprint density at radius 2 is 0.625 bits per heavy atom. The minimum atomic E-state index is 0. The topological polar surface area (TPSA) is 79.2 Å². The van der Waals surface area contributed by atoms with Gasteiger partial charge >= 0.3 is 0 Å². The predicted octanol–water partition coefficient (Wildman–Crippen LogP) is 11.1. The standard InChI is InChI=1S/C26H54O.C3H6.2H3N/c1-3-5-7-9-11-13-15-17-19-21-23-25-27-26-24-22-20-18-16-14-12-10-8-6-4-2;1-3-2;;/h3-26H2,1-2H3;3H,1H2,2H3;2*1H3. The van der Waals surface area contributed by atoms with Crippen molar-refractivity contribution in [3.8, 4) is 0 Å². The first kappa shape index (κ1) is 38.9.